The fraction of sp³-hybridized carbons (Fsp3) is 0.133. The van der Waals surface area contributed by atoms with Gasteiger partial charge in [-0.3, -0.25) is 4.79 Å². The van der Waals surface area contributed by atoms with Crippen LogP contribution >= 0.6 is 0 Å². The van der Waals surface area contributed by atoms with Gasteiger partial charge in [0.05, 0.1) is 12.8 Å². The van der Waals surface area contributed by atoms with E-state index in [4.69, 9.17) is 10.5 Å². The normalized spacial score (nSPS) is 11.8. The van der Waals surface area contributed by atoms with E-state index < -0.39 is 23.6 Å². The van der Waals surface area contributed by atoms with Gasteiger partial charge in [0.2, 0.25) is 5.91 Å². The molecule has 0 aliphatic carbocycles. The minimum absolute atomic E-state index is 0.0326. The topological polar surface area (TPSA) is 64.3 Å². The molecular weight excluding hydrogens is 278 g/mol. The van der Waals surface area contributed by atoms with Crippen molar-refractivity contribution in [2.45, 2.75) is 6.04 Å². The molecule has 2 aromatic carbocycles. The summed E-state index contributed by atoms with van der Waals surface area (Å²) < 4.78 is 31.9. The van der Waals surface area contributed by atoms with E-state index in [9.17, 15) is 13.6 Å². The number of amides is 1. The maximum atomic E-state index is 13.8. The molecule has 0 spiro atoms. The predicted molar refractivity (Wildman–Crippen MR) is 74.9 cm³/mol. The molecule has 0 saturated carbocycles. The molecule has 0 bridgehead atoms. The summed E-state index contributed by atoms with van der Waals surface area (Å²) in [6.07, 6.45) is 0. The van der Waals surface area contributed by atoms with Gasteiger partial charge in [0.25, 0.3) is 0 Å². The van der Waals surface area contributed by atoms with Gasteiger partial charge < -0.3 is 15.8 Å². The number of ether oxygens (including phenoxy) is 1. The number of rotatable bonds is 5. The van der Waals surface area contributed by atoms with Crippen molar-refractivity contribution in [3.05, 3.63) is 59.7 Å². The minimum atomic E-state index is -1.14. The number of benzene rings is 2. The van der Waals surface area contributed by atoms with E-state index in [0.29, 0.717) is 17.5 Å². The van der Waals surface area contributed by atoms with Gasteiger partial charge in [-0.25, -0.2) is 8.78 Å². The molecular formula is C15H14F2N2O2. The van der Waals surface area contributed by atoms with Crippen LogP contribution in [0.5, 0.6) is 5.75 Å². The van der Waals surface area contributed by atoms with Gasteiger partial charge in [0.15, 0.2) is 0 Å². The van der Waals surface area contributed by atoms with Crippen molar-refractivity contribution in [2.24, 2.45) is 5.73 Å². The Balaban J connectivity index is 2.38. The lowest BCUT2D eigenvalue weighted by molar-refractivity contribution is -0.118. The van der Waals surface area contributed by atoms with Crippen molar-refractivity contribution in [2.75, 3.05) is 12.4 Å². The van der Waals surface area contributed by atoms with Crippen LogP contribution in [0.1, 0.15) is 11.6 Å². The Morgan fingerprint density at radius 3 is 2.57 bits per heavy atom. The molecule has 110 valence electrons. The second-order valence-corrected chi connectivity index (χ2v) is 4.35. The molecule has 4 nitrogen and oxygen atoms in total. The highest BCUT2D eigenvalue weighted by molar-refractivity contribution is 5.85. The second-order valence-electron chi connectivity index (χ2n) is 4.35. The summed E-state index contributed by atoms with van der Waals surface area (Å²) in [6.45, 7) is 0. The van der Waals surface area contributed by atoms with Gasteiger partial charge in [-0.05, 0) is 18.2 Å². The number of primary amides is 1. The van der Waals surface area contributed by atoms with Crippen molar-refractivity contribution >= 4 is 11.6 Å². The fourth-order valence-corrected chi connectivity index (χ4v) is 1.96. The highest BCUT2D eigenvalue weighted by Crippen LogP contribution is 2.28. The maximum absolute atomic E-state index is 13.8. The summed E-state index contributed by atoms with van der Waals surface area (Å²) in [4.78, 5) is 11.6. The molecule has 0 aliphatic rings. The molecule has 1 atom stereocenters. The smallest absolute Gasteiger partial charge is 0.244 e. The van der Waals surface area contributed by atoms with E-state index in [2.05, 4.69) is 5.32 Å². The summed E-state index contributed by atoms with van der Waals surface area (Å²) in [6, 6.07) is 8.64. The first-order chi connectivity index (χ1) is 10.0. The van der Waals surface area contributed by atoms with Gasteiger partial charge in [0.1, 0.15) is 23.4 Å². The Morgan fingerprint density at radius 1 is 1.24 bits per heavy atom. The van der Waals surface area contributed by atoms with Gasteiger partial charge in [0, 0.05) is 11.6 Å². The zero-order chi connectivity index (χ0) is 15.4. The Morgan fingerprint density at radius 2 is 1.95 bits per heavy atom. The lowest BCUT2D eigenvalue weighted by Gasteiger charge is -2.19. The number of nitrogens with two attached hydrogens (primary N) is 1. The Hall–Kier alpha value is -2.63. The molecule has 3 N–H and O–H groups in total. The maximum Gasteiger partial charge on any atom is 0.244 e. The molecule has 0 aromatic heterocycles. The van der Waals surface area contributed by atoms with Gasteiger partial charge >= 0.3 is 0 Å². The van der Waals surface area contributed by atoms with Crippen LogP contribution < -0.4 is 15.8 Å². The first-order valence-corrected chi connectivity index (χ1v) is 6.16. The third kappa shape index (κ3) is 3.28. The fourth-order valence-electron chi connectivity index (χ4n) is 1.96. The molecule has 1 amide bonds. The monoisotopic (exact) mass is 292 g/mol. The van der Waals surface area contributed by atoms with Crippen LogP contribution in [0.4, 0.5) is 14.5 Å². The number of para-hydroxylation sites is 2. The number of hydrogen-bond donors (Lipinski definition) is 2. The predicted octanol–water partition coefficient (Wildman–Crippen LogP) is 2.61. The molecule has 0 radical (unpaired) electrons. The van der Waals surface area contributed by atoms with Crippen molar-refractivity contribution in [3.8, 4) is 5.75 Å². The minimum Gasteiger partial charge on any atom is -0.495 e. The number of hydrogen-bond acceptors (Lipinski definition) is 3. The second kappa shape index (κ2) is 6.21. The van der Waals surface area contributed by atoms with Crippen LogP contribution in [-0.4, -0.2) is 13.0 Å². The van der Waals surface area contributed by atoms with E-state index >= 15 is 0 Å². The largest absolute Gasteiger partial charge is 0.495 e. The first kappa shape index (κ1) is 14.8. The van der Waals surface area contributed by atoms with Gasteiger partial charge in [-0.2, -0.15) is 0 Å². The number of carbonyl (C=O) groups is 1. The van der Waals surface area contributed by atoms with E-state index in [0.717, 1.165) is 6.07 Å². The number of anilines is 1. The van der Waals surface area contributed by atoms with Crippen LogP contribution in [0.25, 0.3) is 0 Å². The number of carbonyl (C=O) groups excluding carboxylic acids is 1. The van der Waals surface area contributed by atoms with Crippen molar-refractivity contribution in [1.29, 1.82) is 0 Å². The molecule has 1 unspecified atom stereocenters. The Labute approximate surface area is 120 Å². The highest BCUT2D eigenvalue weighted by atomic mass is 19.1. The molecule has 2 rings (SSSR count). The van der Waals surface area contributed by atoms with Crippen LogP contribution in [-0.2, 0) is 4.79 Å². The van der Waals surface area contributed by atoms with E-state index in [1.54, 1.807) is 24.3 Å². The van der Waals surface area contributed by atoms with E-state index in [1.807, 2.05) is 0 Å². The summed E-state index contributed by atoms with van der Waals surface area (Å²) in [5.41, 5.74) is 5.76. The molecule has 0 aliphatic heterocycles. The number of nitrogens with one attached hydrogen (secondary N) is 1. The highest BCUT2D eigenvalue weighted by Gasteiger charge is 2.22. The number of halogens is 2. The summed E-state index contributed by atoms with van der Waals surface area (Å²) in [5, 5.41) is 2.81. The third-order valence-corrected chi connectivity index (χ3v) is 2.96. The molecule has 0 saturated heterocycles. The quantitative estimate of drug-likeness (QED) is 0.890. The van der Waals surface area contributed by atoms with Crippen LogP contribution in [0.3, 0.4) is 0 Å². The van der Waals surface area contributed by atoms with Crippen LogP contribution in [0.15, 0.2) is 42.5 Å². The van der Waals surface area contributed by atoms with Crippen LogP contribution in [0, 0.1) is 11.6 Å². The zero-order valence-electron chi connectivity index (χ0n) is 11.3. The first-order valence-electron chi connectivity index (χ1n) is 6.16. The van der Waals surface area contributed by atoms with E-state index in [1.165, 1.54) is 13.2 Å². The number of methoxy groups -OCH3 is 1. The molecule has 0 fully saturated rings. The zero-order valence-corrected chi connectivity index (χ0v) is 11.3. The van der Waals surface area contributed by atoms with Crippen LogP contribution in [0.2, 0.25) is 0 Å². The van der Waals surface area contributed by atoms with Crippen molar-refractivity contribution in [1.82, 2.24) is 0 Å². The average molecular weight is 292 g/mol. The van der Waals surface area contributed by atoms with Crippen molar-refractivity contribution in [3.63, 3.8) is 0 Å². The van der Waals surface area contributed by atoms with Crippen molar-refractivity contribution < 1.29 is 18.3 Å². The Bertz CT molecular complexity index is 662. The summed E-state index contributed by atoms with van der Waals surface area (Å²) >= 11 is 0. The standard InChI is InChI=1S/C15H14F2N2O2/c1-21-13-5-3-2-4-12(13)19-14(15(18)20)10-7-6-9(16)8-11(10)17/h2-8,14,19H,1H3,(H2,18,20). The molecule has 0 heterocycles. The Kier molecular flexibility index (Phi) is 4.37. The molecule has 2 aromatic rings. The summed E-state index contributed by atoms with van der Waals surface area (Å²) in [7, 11) is 1.47. The lowest BCUT2D eigenvalue weighted by atomic mass is 10.0. The van der Waals surface area contributed by atoms with E-state index in [-0.39, 0.29) is 5.56 Å². The van der Waals surface area contributed by atoms with Gasteiger partial charge in [-0.15, -0.1) is 0 Å². The average Bonchev–Trinajstić information content (AvgIpc) is 2.45. The summed E-state index contributed by atoms with van der Waals surface area (Å²) in [5.74, 6) is -1.88. The molecule has 21 heavy (non-hydrogen) atoms. The van der Waals surface area contributed by atoms with Gasteiger partial charge in [-0.1, -0.05) is 18.2 Å². The lowest BCUT2D eigenvalue weighted by Crippen LogP contribution is -2.28. The third-order valence-electron chi connectivity index (χ3n) is 2.96. The SMILES string of the molecule is COc1ccccc1NC(C(N)=O)c1ccc(F)cc1F. The molecule has 6 heteroatoms.